The Bertz CT molecular complexity index is 137. The van der Waals surface area contributed by atoms with Crippen LogP contribution in [0.1, 0.15) is 6.92 Å². The van der Waals surface area contributed by atoms with Crippen LogP contribution in [0.3, 0.4) is 0 Å². The zero-order valence-corrected chi connectivity index (χ0v) is 4.51. The molecule has 44 valence electrons. The van der Waals surface area contributed by atoms with Gasteiger partial charge in [-0.15, -0.1) is 0 Å². The highest BCUT2D eigenvalue weighted by Crippen LogP contribution is 1.86. The first-order chi connectivity index (χ1) is 3.72. The van der Waals surface area contributed by atoms with Gasteiger partial charge < -0.3 is 10.5 Å². The van der Waals surface area contributed by atoms with Crippen molar-refractivity contribution in [2.45, 2.75) is 6.92 Å². The van der Waals surface area contributed by atoms with Crippen molar-refractivity contribution < 1.29 is 9.90 Å². The molecule has 2 N–H and O–H groups in total. The topological polar surface area (TPSA) is 61.2 Å². The monoisotopic (exact) mass is 113 g/mol. The molecule has 0 rings (SSSR count). The first-order valence-electron chi connectivity index (χ1n) is 2.12. The lowest BCUT2D eigenvalue weighted by molar-refractivity contribution is -0.132. The van der Waals surface area contributed by atoms with Gasteiger partial charge in [0.15, 0.2) is 0 Å². The van der Waals surface area contributed by atoms with Crippen molar-refractivity contribution in [3.05, 3.63) is 11.6 Å². The van der Waals surface area contributed by atoms with E-state index in [-0.39, 0.29) is 5.57 Å². The first-order valence-corrected chi connectivity index (χ1v) is 2.12. The first kappa shape index (κ1) is 6.88. The van der Waals surface area contributed by atoms with E-state index >= 15 is 0 Å². The maximum atomic E-state index is 9.94. The molecule has 0 aliphatic heterocycles. The van der Waals surface area contributed by atoms with Gasteiger partial charge >= 0.3 is 5.97 Å². The fourth-order valence-electron chi connectivity index (χ4n) is 0.269. The molecule has 0 fully saturated rings. The van der Waals surface area contributed by atoms with Gasteiger partial charge in [-0.3, -0.25) is 0 Å². The molecule has 0 bridgehead atoms. The van der Waals surface area contributed by atoms with E-state index in [0.29, 0.717) is 0 Å². The molecule has 0 spiro atoms. The molecule has 0 aliphatic carbocycles. The molecular weight excluding hydrogens is 106 g/mol. The lowest BCUT2D eigenvalue weighted by Crippen LogP contribution is -1.99. The number of allylic oxidation sites excluding steroid dienone is 1. The van der Waals surface area contributed by atoms with Crippen LogP contribution in [0.5, 0.6) is 0 Å². The number of carboxylic acids is 1. The van der Waals surface area contributed by atoms with Gasteiger partial charge in [-0.1, -0.05) is 6.08 Å². The molecule has 3 nitrogen and oxygen atoms in total. The van der Waals surface area contributed by atoms with Crippen LogP contribution >= 0.6 is 0 Å². The average Bonchev–Trinajstić information content (AvgIpc) is 1.69. The third kappa shape index (κ3) is 1.55. The molecule has 0 aromatic rings. The number of nitrogens with one attached hydrogen (secondary N) is 1. The van der Waals surface area contributed by atoms with Gasteiger partial charge in [0.1, 0.15) is 0 Å². The molecule has 0 unspecified atom stereocenters. The van der Waals surface area contributed by atoms with Gasteiger partial charge in [0.25, 0.3) is 0 Å². The third-order valence-electron chi connectivity index (χ3n) is 0.713. The molecule has 0 amide bonds. The van der Waals surface area contributed by atoms with Crippen LogP contribution in [0, 0.1) is 5.41 Å². The molecule has 0 heterocycles. The summed E-state index contributed by atoms with van der Waals surface area (Å²) in [6, 6.07) is 0. The minimum atomic E-state index is -1.05. The third-order valence-corrected chi connectivity index (χ3v) is 0.713. The van der Waals surface area contributed by atoms with Gasteiger partial charge in [-0.25, -0.2) is 4.79 Å². The van der Waals surface area contributed by atoms with Crippen LogP contribution < -0.4 is 0 Å². The van der Waals surface area contributed by atoms with Gasteiger partial charge in [0.2, 0.25) is 0 Å². The van der Waals surface area contributed by atoms with E-state index < -0.39 is 5.97 Å². The Labute approximate surface area is 47.2 Å². The average molecular weight is 113 g/mol. The molecule has 8 heavy (non-hydrogen) atoms. The van der Waals surface area contributed by atoms with Crippen LogP contribution in [-0.2, 0) is 4.79 Å². The Kier molecular flexibility index (Phi) is 2.54. The second-order valence-electron chi connectivity index (χ2n) is 1.19. The second-order valence-corrected chi connectivity index (χ2v) is 1.19. The summed E-state index contributed by atoms with van der Waals surface area (Å²) in [5, 5.41) is 14.7. The summed E-state index contributed by atoms with van der Waals surface area (Å²) in [5.41, 5.74) is 0.0185. The minimum absolute atomic E-state index is 0.0185. The van der Waals surface area contributed by atoms with Crippen molar-refractivity contribution >= 4 is 12.2 Å². The smallest absolute Gasteiger partial charge is 0.336 e. The van der Waals surface area contributed by atoms with Crippen LogP contribution in [-0.4, -0.2) is 17.3 Å². The summed E-state index contributed by atoms with van der Waals surface area (Å²) >= 11 is 0. The van der Waals surface area contributed by atoms with Gasteiger partial charge in [-0.2, -0.15) is 0 Å². The molecule has 0 radical (unpaired) electrons. The van der Waals surface area contributed by atoms with Crippen molar-refractivity contribution in [3.63, 3.8) is 0 Å². The van der Waals surface area contributed by atoms with Crippen LogP contribution in [0.4, 0.5) is 0 Å². The summed E-state index contributed by atoms with van der Waals surface area (Å²) in [6.45, 7) is 1.58. The molecule has 0 aromatic carbocycles. The standard InChI is InChI=1S/C5H7NO2/c1-2-4(3-6)5(7)8/h2-3,6H,1H3,(H,7,8)/b4-2+,6-3?. The lowest BCUT2D eigenvalue weighted by Gasteiger charge is -1.85. The quantitative estimate of drug-likeness (QED) is 0.408. The summed E-state index contributed by atoms with van der Waals surface area (Å²) in [7, 11) is 0. The molecule has 3 heteroatoms. The fraction of sp³-hybridized carbons (Fsp3) is 0.200. The number of rotatable bonds is 2. The normalized spacial score (nSPS) is 10.9. The van der Waals surface area contributed by atoms with E-state index in [9.17, 15) is 4.79 Å². The number of hydrogen-bond donors (Lipinski definition) is 2. The summed E-state index contributed by atoms with van der Waals surface area (Å²) in [6.07, 6.45) is 2.18. The van der Waals surface area contributed by atoms with Crippen LogP contribution in [0.25, 0.3) is 0 Å². The zero-order chi connectivity index (χ0) is 6.57. The number of aliphatic carboxylic acids is 1. The number of carboxylic acid groups (broad SMARTS) is 1. The van der Waals surface area contributed by atoms with E-state index in [0.717, 1.165) is 6.21 Å². The van der Waals surface area contributed by atoms with E-state index in [1.807, 2.05) is 0 Å². The predicted octanol–water partition coefficient (Wildman–Crippen LogP) is 0.667. The number of carbonyl (C=O) groups is 1. The van der Waals surface area contributed by atoms with Crippen molar-refractivity contribution in [1.29, 1.82) is 5.41 Å². The van der Waals surface area contributed by atoms with Crippen molar-refractivity contribution in [2.24, 2.45) is 0 Å². The highest BCUT2D eigenvalue weighted by molar-refractivity contribution is 6.07. The largest absolute Gasteiger partial charge is 0.478 e. The van der Waals surface area contributed by atoms with Crippen molar-refractivity contribution in [2.75, 3.05) is 0 Å². The Balaban J connectivity index is 4.13. The van der Waals surface area contributed by atoms with E-state index in [1.165, 1.54) is 6.08 Å². The highest BCUT2D eigenvalue weighted by atomic mass is 16.4. The van der Waals surface area contributed by atoms with Crippen LogP contribution in [0.2, 0.25) is 0 Å². The molecular formula is C5H7NO2. The Morgan fingerprint density at radius 1 is 1.75 bits per heavy atom. The summed E-state index contributed by atoms with van der Waals surface area (Å²) in [4.78, 5) is 9.94. The van der Waals surface area contributed by atoms with Crippen LogP contribution in [0.15, 0.2) is 11.6 Å². The molecule has 0 aromatic heterocycles. The van der Waals surface area contributed by atoms with E-state index in [1.54, 1.807) is 6.92 Å². The van der Waals surface area contributed by atoms with Gasteiger partial charge in [0, 0.05) is 6.21 Å². The Morgan fingerprint density at radius 3 is 2.25 bits per heavy atom. The van der Waals surface area contributed by atoms with E-state index in [4.69, 9.17) is 10.5 Å². The Morgan fingerprint density at radius 2 is 2.25 bits per heavy atom. The molecule has 0 aliphatic rings. The SMILES string of the molecule is C/C=C(\C=N)C(=O)O. The van der Waals surface area contributed by atoms with E-state index in [2.05, 4.69) is 0 Å². The highest BCUT2D eigenvalue weighted by Gasteiger charge is 1.98. The molecule has 0 saturated carbocycles. The maximum absolute atomic E-state index is 9.94. The molecule has 0 saturated heterocycles. The summed E-state index contributed by atoms with van der Waals surface area (Å²) < 4.78 is 0. The Hall–Kier alpha value is -1.12. The number of hydrogen-bond acceptors (Lipinski definition) is 2. The van der Waals surface area contributed by atoms with Crippen molar-refractivity contribution in [1.82, 2.24) is 0 Å². The van der Waals surface area contributed by atoms with Gasteiger partial charge in [0.05, 0.1) is 5.57 Å². The van der Waals surface area contributed by atoms with Crippen molar-refractivity contribution in [3.8, 4) is 0 Å². The summed E-state index contributed by atoms with van der Waals surface area (Å²) in [5.74, 6) is -1.05. The molecule has 0 atom stereocenters. The van der Waals surface area contributed by atoms with Gasteiger partial charge in [-0.05, 0) is 6.92 Å². The zero-order valence-electron chi connectivity index (χ0n) is 4.51. The predicted molar refractivity (Wildman–Crippen MR) is 30.2 cm³/mol. The second kappa shape index (κ2) is 2.96. The lowest BCUT2D eigenvalue weighted by atomic mass is 10.3. The maximum Gasteiger partial charge on any atom is 0.336 e. The fourth-order valence-corrected chi connectivity index (χ4v) is 0.269. The minimum Gasteiger partial charge on any atom is -0.478 e.